The van der Waals surface area contributed by atoms with Gasteiger partial charge in [-0.1, -0.05) is 53.8 Å². The van der Waals surface area contributed by atoms with E-state index in [0.717, 1.165) is 22.4 Å². The van der Waals surface area contributed by atoms with Gasteiger partial charge in [-0.15, -0.1) is 0 Å². The average molecular weight is 269 g/mol. The van der Waals surface area contributed by atoms with Crippen molar-refractivity contribution in [3.05, 3.63) is 89.6 Å². The van der Waals surface area contributed by atoms with Gasteiger partial charge in [0.15, 0.2) is 0 Å². The van der Waals surface area contributed by atoms with Crippen LogP contribution in [0.25, 0.3) is 11.3 Å². The number of aryl methyl sites for hydroxylation is 1. The van der Waals surface area contributed by atoms with Crippen LogP contribution < -0.4 is 0 Å². The Bertz CT molecular complexity index is 790. The first-order chi connectivity index (χ1) is 10.3. The maximum absolute atomic E-state index is 4.50. The van der Waals surface area contributed by atoms with Gasteiger partial charge in [0.1, 0.15) is 0 Å². The lowest BCUT2D eigenvalue weighted by Crippen LogP contribution is -1.85. The molecule has 0 aliphatic rings. The maximum Gasteiger partial charge on any atom is 0.0703 e. The minimum atomic E-state index is 0.926. The van der Waals surface area contributed by atoms with Gasteiger partial charge >= 0.3 is 0 Å². The summed E-state index contributed by atoms with van der Waals surface area (Å²) in [5, 5.41) is 0. The molecule has 0 radical (unpaired) electrons. The van der Waals surface area contributed by atoms with Crippen LogP contribution in [0.2, 0.25) is 0 Å². The van der Waals surface area contributed by atoms with Crippen molar-refractivity contribution in [2.24, 2.45) is 0 Å². The van der Waals surface area contributed by atoms with Crippen LogP contribution in [0.5, 0.6) is 0 Å². The van der Waals surface area contributed by atoms with Gasteiger partial charge in [0.2, 0.25) is 0 Å². The van der Waals surface area contributed by atoms with Crippen molar-refractivity contribution < 1.29 is 0 Å². The number of benzene rings is 2. The standard InChI is InChI=1S/C20H15N/c1-16-6-5-9-19(14-16)20-13-12-18(15-21-20)11-10-17-7-3-2-4-8-17/h2-9,12-15H,1H3. The summed E-state index contributed by atoms with van der Waals surface area (Å²) in [5.41, 5.74) is 5.29. The number of hydrogen-bond donors (Lipinski definition) is 0. The largest absolute Gasteiger partial charge is 0.255 e. The van der Waals surface area contributed by atoms with Crippen molar-refractivity contribution in [2.75, 3.05) is 0 Å². The molecule has 0 bridgehead atoms. The number of nitrogens with zero attached hydrogens (tertiary/aromatic N) is 1. The van der Waals surface area contributed by atoms with Gasteiger partial charge in [0.25, 0.3) is 0 Å². The van der Waals surface area contributed by atoms with Gasteiger partial charge in [0.05, 0.1) is 5.69 Å². The molecule has 0 unspecified atom stereocenters. The normalized spacial score (nSPS) is 9.76. The molecule has 1 nitrogen and oxygen atoms in total. The molecule has 1 heteroatoms. The second-order valence-corrected chi connectivity index (χ2v) is 4.92. The first kappa shape index (κ1) is 13.1. The Morgan fingerprint density at radius 3 is 2.29 bits per heavy atom. The van der Waals surface area contributed by atoms with Crippen molar-refractivity contribution >= 4 is 0 Å². The fourth-order valence-corrected chi connectivity index (χ4v) is 2.11. The highest BCUT2D eigenvalue weighted by molar-refractivity contribution is 5.60. The summed E-state index contributed by atoms with van der Waals surface area (Å²) in [6, 6.07) is 22.4. The Labute approximate surface area is 125 Å². The molecule has 0 spiro atoms. The zero-order chi connectivity index (χ0) is 14.5. The Kier molecular flexibility index (Phi) is 3.80. The second-order valence-electron chi connectivity index (χ2n) is 4.92. The van der Waals surface area contributed by atoms with E-state index in [1.165, 1.54) is 5.56 Å². The summed E-state index contributed by atoms with van der Waals surface area (Å²) >= 11 is 0. The Balaban J connectivity index is 1.84. The monoisotopic (exact) mass is 269 g/mol. The van der Waals surface area contributed by atoms with Gasteiger partial charge in [-0.3, -0.25) is 4.98 Å². The van der Waals surface area contributed by atoms with Crippen LogP contribution in [0.3, 0.4) is 0 Å². The molecule has 0 saturated carbocycles. The van der Waals surface area contributed by atoms with Crippen molar-refractivity contribution in [3.8, 4) is 23.1 Å². The van der Waals surface area contributed by atoms with E-state index in [1.807, 2.05) is 48.7 Å². The van der Waals surface area contributed by atoms with Crippen LogP contribution in [-0.4, -0.2) is 4.98 Å². The number of rotatable bonds is 1. The third-order valence-electron chi connectivity index (χ3n) is 3.20. The Morgan fingerprint density at radius 2 is 1.57 bits per heavy atom. The van der Waals surface area contributed by atoms with Crippen LogP contribution in [0.4, 0.5) is 0 Å². The van der Waals surface area contributed by atoms with E-state index in [4.69, 9.17) is 0 Å². The summed E-state index contributed by atoms with van der Waals surface area (Å²) < 4.78 is 0. The molecule has 0 N–H and O–H groups in total. The minimum absolute atomic E-state index is 0.926. The fraction of sp³-hybridized carbons (Fsp3) is 0.0500. The van der Waals surface area contributed by atoms with Crippen molar-refractivity contribution in [3.63, 3.8) is 0 Å². The molecule has 2 aromatic carbocycles. The molecule has 0 saturated heterocycles. The summed E-state index contributed by atoms with van der Waals surface area (Å²) in [7, 11) is 0. The van der Waals surface area contributed by atoms with Gasteiger partial charge in [0, 0.05) is 22.9 Å². The SMILES string of the molecule is Cc1cccc(-c2ccc(C#Cc3ccccc3)cn2)c1. The van der Waals surface area contributed by atoms with Crippen molar-refractivity contribution in [2.45, 2.75) is 6.92 Å². The van der Waals surface area contributed by atoms with Crippen LogP contribution in [0.1, 0.15) is 16.7 Å². The summed E-state index contributed by atoms with van der Waals surface area (Å²) in [5.74, 6) is 6.28. The molecule has 0 amide bonds. The molecule has 0 fully saturated rings. The van der Waals surface area contributed by atoms with E-state index in [0.29, 0.717) is 0 Å². The summed E-state index contributed by atoms with van der Waals surface area (Å²) in [4.78, 5) is 4.50. The first-order valence-electron chi connectivity index (χ1n) is 6.91. The highest BCUT2D eigenvalue weighted by atomic mass is 14.7. The van der Waals surface area contributed by atoms with E-state index >= 15 is 0 Å². The lowest BCUT2D eigenvalue weighted by Gasteiger charge is -2.01. The van der Waals surface area contributed by atoms with E-state index in [2.05, 4.69) is 48.0 Å². The molecular formula is C20H15N. The van der Waals surface area contributed by atoms with E-state index in [-0.39, 0.29) is 0 Å². The molecule has 0 atom stereocenters. The maximum atomic E-state index is 4.50. The fourth-order valence-electron chi connectivity index (χ4n) is 2.11. The molecule has 0 aliphatic carbocycles. The van der Waals surface area contributed by atoms with Crippen LogP contribution in [0, 0.1) is 18.8 Å². The highest BCUT2D eigenvalue weighted by Gasteiger charge is 1.98. The zero-order valence-electron chi connectivity index (χ0n) is 11.9. The second kappa shape index (κ2) is 6.07. The lowest BCUT2D eigenvalue weighted by molar-refractivity contribution is 1.30. The quantitative estimate of drug-likeness (QED) is 0.594. The predicted octanol–water partition coefficient (Wildman–Crippen LogP) is 4.46. The summed E-state index contributed by atoms with van der Waals surface area (Å²) in [6.45, 7) is 2.09. The highest BCUT2D eigenvalue weighted by Crippen LogP contribution is 2.17. The van der Waals surface area contributed by atoms with Crippen LogP contribution in [-0.2, 0) is 0 Å². The van der Waals surface area contributed by atoms with E-state index in [9.17, 15) is 0 Å². The zero-order valence-corrected chi connectivity index (χ0v) is 11.9. The Morgan fingerprint density at radius 1 is 0.762 bits per heavy atom. The van der Waals surface area contributed by atoms with E-state index < -0.39 is 0 Å². The topological polar surface area (TPSA) is 12.9 Å². The summed E-state index contributed by atoms with van der Waals surface area (Å²) in [6.07, 6.45) is 1.83. The van der Waals surface area contributed by atoms with Gasteiger partial charge < -0.3 is 0 Å². The molecule has 1 aromatic heterocycles. The number of pyridine rings is 1. The van der Waals surface area contributed by atoms with Crippen LogP contribution >= 0.6 is 0 Å². The average Bonchev–Trinajstić information content (AvgIpc) is 2.54. The molecule has 3 rings (SSSR count). The van der Waals surface area contributed by atoms with Gasteiger partial charge in [-0.2, -0.15) is 0 Å². The Hall–Kier alpha value is -2.85. The van der Waals surface area contributed by atoms with Gasteiger partial charge in [-0.05, 0) is 37.3 Å². The molecule has 21 heavy (non-hydrogen) atoms. The smallest absolute Gasteiger partial charge is 0.0703 e. The van der Waals surface area contributed by atoms with Crippen LogP contribution in [0.15, 0.2) is 72.9 Å². The molecule has 0 aliphatic heterocycles. The van der Waals surface area contributed by atoms with Crippen molar-refractivity contribution in [1.82, 2.24) is 4.98 Å². The lowest BCUT2D eigenvalue weighted by atomic mass is 10.1. The third-order valence-corrected chi connectivity index (χ3v) is 3.20. The molecule has 1 heterocycles. The molecule has 100 valence electrons. The molecule has 3 aromatic rings. The van der Waals surface area contributed by atoms with E-state index in [1.54, 1.807) is 0 Å². The number of hydrogen-bond acceptors (Lipinski definition) is 1. The predicted molar refractivity (Wildman–Crippen MR) is 86.8 cm³/mol. The first-order valence-corrected chi connectivity index (χ1v) is 6.91. The minimum Gasteiger partial charge on any atom is -0.255 e. The third kappa shape index (κ3) is 3.38. The number of aromatic nitrogens is 1. The molecular weight excluding hydrogens is 254 g/mol. The van der Waals surface area contributed by atoms with Gasteiger partial charge in [-0.25, -0.2) is 0 Å². The van der Waals surface area contributed by atoms with Crippen molar-refractivity contribution in [1.29, 1.82) is 0 Å².